The zero-order valence-corrected chi connectivity index (χ0v) is 40.7. The van der Waals surface area contributed by atoms with Crippen molar-refractivity contribution >= 4 is 11.0 Å². The van der Waals surface area contributed by atoms with Crippen LogP contribution in [-0.2, 0) is 37.3 Å². The van der Waals surface area contributed by atoms with Crippen molar-refractivity contribution in [3.05, 3.63) is 167 Å². The molecule has 8 rings (SSSR count). The largest absolute Gasteiger partial charge is 0.507 e. The number of hydrogen-bond acceptors (Lipinski definition) is 3. The molecule has 6 aromatic carbocycles. The van der Waals surface area contributed by atoms with Gasteiger partial charge in [-0.25, -0.2) is 4.98 Å². The van der Waals surface area contributed by atoms with Crippen LogP contribution in [0.4, 0.5) is 0 Å². The van der Waals surface area contributed by atoms with Crippen LogP contribution in [0.2, 0.25) is 0 Å². The first-order valence-corrected chi connectivity index (χ1v) is 21.6. The third kappa shape index (κ3) is 9.57. The average molecular weight is 1050 g/mol. The first-order chi connectivity index (χ1) is 36.9. The molecule has 5 heteroatoms. The molecule has 4 nitrogen and oxygen atoms in total. The van der Waals surface area contributed by atoms with E-state index < -0.39 is 90.5 Å². The van der Waals surface area contributed by atoms with E-state index in [-0.39, 0.29) is 55.3 Å². The van der Waals surface area contributed by atoms with Crippen LogP contribution in [0.3, 0.4) is 0 Å². The number of fused-ring (bicyclic) bond motifs is 1. The van der Waals surface area contributed by atoms with Gasteiger partial charge >= 0.3 is 0 Å². The summed E-state index contributed by atoms with van der Waals surface area (Å²) < 4.78 is 141. The number of phenolic OH excluding ortho intramolecular Hbond substituents is 1. The molecule has 0 aliphatic heterocycles. The van der Waals surface area contributed by atoms with E-state index in [1.165, 1.54) is 0 Å². The van der Waals surface area contributed by atoms with Gasteiger partial charge in [0.2, 0.25) is 0 Å². The Balaban J connectivity index is 0.00000946. The van der Waals surface area contributed by atoms with E-state index >= 15 is 0 Å². The Morgan fingerprint density at radius 1 is 0.646 bits per heavy atom. The van der Waals surface area contributed by atoms with Crippen LogP contribution in [0, 0.1) is 6.07 Å². The molecule has 65 heavy (non-hydrogen) atoms. The summed E-state index contributed by atoms with van der Waals surface area (Å²) in [6, 6.07) is 27.0. The zero-order valence-electron chi connectivity index (χ0n) is 54.4. The molecule has 0 saturated heterocycles. The van der Waals surface area contributed by atoms with Crippen molar-refractivity contribution in [2.75, 3.05) is 0 Å². The Morgan fingerprint density at radius 3 is 2.00 bits per heavy atom. The second-order valence-electron chi connectivity index (χ2n) is 19.2. The van der Waals surface area contributed by atoms with Gasteiger partial charge in [-0.3, -0.25) is 9.55 Å². The van der Waals surface area contributed by atoms with Crippen LogP contribution in [-0.4, -0.2) is 19.6 Å². The molecular formula is C60H64N3OPt-. The van der Waals surface area contributed by atoms with Crippen LogP contribution in [0.5, 0.6) is 5.75 Å². The Bertz CT molecular complexity index is 3690. The average Bonchev–Trinajstić information content (AvgIpc) is 3.90. The number of rotatable bonds is 8. The second kappa shape index (κ2) is 18.0. The van der Waals surface area contributed by atoms with E-state index in [2.05, 4.69) is 80.6 Å². The van der Waals surface area contributed by atoms with Crippen LogP contribution < -0.4 is 0 Å². The van der Waals surface area contributed by atoms with Gasteiger partial charge in [0.05, 0.1) is 26.2 Å². The standard InChI is InChI=1S/C60H64N3O.Pt/c1-37(2)42-33-50(38(3)4)56(64)51(34-42)57-62-55-49(20-17-21-54(55)63(57)47-26-27-48(40-18-15-14-16-19-40)52(36-47)60(11,12)13)43-30-44(32-46(31-43)59(8,9)10)53-35-41(28-29-61-53)39-22-24-45(25-23-39)58(5,6)7;/h14-29,31-38,64H,1-13H3;/q-1;/i5D3,6D3,7D3,22D,23D,24D,25D,28D,29D,35D;. The molecule has 8 aromatic rings. The molecule has 0 aliphatic rings. The first kappa shape index (κ1) is 30.6. The molecule has 0 bridgehead atoms. The van der Waals surface area contributed by atoms with Crippen molar-refractivity contribution in [2.24, 2.45) is 0 Å². The van der Waals surface area contributed by atoms with Crippen molar-refractivity contribution in [1.82, 2.24) is 14.5 Å². The van der Waals surface area contributed by atoms with E-state index in [9.17, 15) is 9.22 Å². The van der Waals surface area contributed by atoms with E-state index in [1.54, 1.807) is 6.07 Å². The van der Waals surface area contributed by atoms with E-state index in [1.807, 2.05) is 89.2 Å². The number of imidazole rings is 1. The molecule has 0 aliphatic carbocycles. The van der Waals surface area contributed by atoms with E-state index in [0.717, 1.165) is 33.5 Å². The predicted molar refractivity (Wildman–Crippen MR) is 271 cm³/mol. The van der Waals surface area contributed by atoms with Crippen molar-refractivity contribution in [3.63, 3.8) is 0 Å². The summed E-state index contributed by atoms with van der Waals surface area (Å²) in [5, 5.41) is 12.3. The number of phenols is 1. The fourth-order valence-corrected chi connectivity index (χ4v) is 8.01. The number of hydrogen-bond donors (Lipinski definition) is 1. The van der Waals surface area contributed by atoms with Gasteiger partial charge in [0.15, 0.2) is 0 Å². The number of nitrogens with zero attached hydrogens (tertiary/aromatic N) is 3. The molecule has 336 valence electrons. The fraction of sp³-hybridized carbons (Fsp3) is 0.300. The second-order valence-corrected chi connectivity index (χ2v) is 19.2. The molecule has 2 heterocycles. The van der Waals surface area contributed by atoms with Gasteiger partial charge in [0.1, 0.15) is 11.6 Å². The van der Waals surface area contributed by atoms with Crippen molar-refractivity contribution < 1.29 is 48.1 Å². The van der Waals surface area contributed by atoms with E-state index in [0.29, 0.717) is 39.1 Å². The molecule has 0 unspecified atom stereocenters. The van der Waals surface area contributed by atoms with Gasteiger partial charge in [-0.05, 0) is 103 Å². The van der Waals surface area contributed by atoms with Crippen LogP contribution >= 0.6 is 0 Å². The molecule has 0 saturated carbocycles. The molecule has 0 amide bonds. The number of para-hydroxylation sites is 1. The summed E-state index contributed by atoms with van der Waals surface area (Å²) in [6.45, 7) is 8.89. The molecule has 1 N–H and O–H groups in total. The van der Waals surface area contributed by atoms with Gasteiger partial charge in [0.25, 0.3) is 0 Å². The van der Waals surface area contributed by atoms with Gasteiger partial charge in [-0.1, -0.05) is 186 Å². The minimum absolute atomic E-state index is 0. The van der Waals surface area contributed by atoms with Gasteiger partial charge in [-0.2, -0.15) is 0 Å². The summed E-state index contributed by atoms with van der Waals surface area (Å²) in [7, 11) is 0. The molecular weight excluding hydrogens is 974 g/mol. The Hall–Kier alpha value is -5.57. The monoisotopic (exact) mass is 1050 g/mol. The van der Waals surface area contributed by atoms with Crippen molar-refractivity contribution in [1.29, 1.82) is 0 Å². The van der Waals surface area contributed by atoms with Gasteiger partial charge < -0.3 is 5.11 Å². The van der Waals surface area contributed by atoms with Crippen LogP contribution in [0.1, 0.15) is 151 Å². The van der Waals surface area contributed by atoms with Crippen LogP contribution in [0.25, 0.3) is 72.7 Å². The molecule has 0 spiro atoms. The Kier molecular flexibility index (Phi) is 8.48. The van der Waals surface area contributed by atoms with Crippen molar-refractivity contribution in [3.8, 4) is 67.5 Å². The SMILES string of the molecule is [2H]c1nc(-c2[c-]c(-c3cccc4c3nc(-c3cc(C(C)C)cc(C(C)C)c3O)n4-c3ccc(-c4ccccc4)c(C(C)(C)C)c3)cc(C(C)(C)C)c2)c([2H])c(-c2c([2H])c([2H])c(C(C([2H])([2H])[2H])(C([2H])([2H])[2H])C([2H])([2H])[2H])c([2H])c2[2H])c1[2H].[Pt]. The minimum atomic E-state index is -3.92. The fourth-order valence-electron chi connectivity index (χ4n) is 8.01. The third-order valence-corrected chi connectivity index (χ3v) is 11.7. The zero-order chi connectivity index (χ0) is 59.5. The third-order valence-electron chi connectivity index (χ3n) is 11.7. The number of aromatic nitrogens is 3. The summed E-state index contributed by atoms with van der Waals surface area (Å²) in [5.74, 6) is 0.627. The Labute approximate surface area is 425 Å². The summed E-state index contributed by atoms with van der Waals surface area (Å²) in [4.78, 5) is 9.85. The summed E-state index contributed by atoms with van der Waals surface area (Å²) in [5.41, 5.74) is 1.54. The quantitative estimate of drug-likeness (QED) is 0.154. The van der Waals surface area contributed by atoms with E-state index in [4.69, 9.17) is 22.8 Å². The van der Waals surface area contributed by atoms with Crippen LogP contribution in [0.15, 0.2) is 133 Å². The maximum Gasteiger partial charge on any atom is 0.148 e. The molecule has 0 radical (unpaired) electrons. The summed E-state index contributed by atoms with van der Waals surface area (Å²) in [6.07, 6.45) is -0.743. The van der Waals surface area contributed by atoms with Gasteiger partial charge in [0, 0.05) is 51.0 Å². The van der Waals surface area contributed by atoms with Gasteiger partial charge in [-0.15, -0.1) is 29.3 Å². The predicted octanol–water partition coefficient (Wildman–Crippen LogP) is 16.4. The van der Waals surface area contributed by atoms with Crippen molar-refractivity contribution in [2.45, 2.75) is 118 Å². The molecule has 0 atom stereocenters. The number of benzene rings is 6. The Morgan fingerprint density at radius 2 is 1.35 bits per heavy atom. The smallest absolute Gasteiger partial charge is 0.148 e. The number of aromatic hydroxyl groups is 1. The maximum atomic E-state index is 12.3. The summed E-state index contributed by atoms with van der Waals surface area (Å²) >= 11 is 0. The topological polar surface area (TPSA) is 50.9 Å². The minimum Gasteiger partial charge on any atom is -0.507 e. The number of pyridine rings is 1. The molecule has 2 aromatic heterocycles. The first-order valence-electron chi connectivity index (χ1n) is 29.6. The normalized spacial score (nSPS) is 16.4. The maximum absolute atomic E-state index is 12.3. The molecule has 0 fully saturated rings.